The van der Waals surface area contributed by atoms with E-state index in [2.05, 4.69) is 10.3 Å². The second-order valence-electron chi connectivity index (χ2n) is 7.48. The highest BCUT2D eigenvalue weighted by Crippen LogP contribution is 2.19. The van der Waals surface area contributed by atoms with Gasteiger partial charge in [0.1, 0.15) is 12.4 Å². The third-order valence-corrected chi connectivity index (χ3v) is 7.16. The Morgan fingerprint density at radius 2 is 1.79 bits per heavy atom. The number of imidazole rings is 1. The number of anilines is 1. The zero-order chi connectivity index (χ0) is 23.4. The molecule has 33 heavy (non-hydrogen) atoms. The fraction of sp³-hybridized carbons (Fsp3) is 0.318. The smallest absolute Gasteiger partial charge is 0.326 e. The van der Waals surface area contributed by atoms with Crippen molar-refractivity contribution < 1.29 is 27.5 Å². The molecule has 1 fully saturated rings. The number of nitrogens with zero attached hydrogens (tertiary/aromatic N) is 3. The van der Waals surface area contributed by atoms with Gasteiger partial charge >= 0.3 is 5.97 Å². The van der Waals surface area contributed by atoms with E-state index in [9.17, 15) is 18.0 Å². The van der Waals surface area contributed by atoms with Crippen LogP contribution in [0, 0.1) is 6.92 Å². The third-order valence-electron chi connectivity index (χ3n) is 5.24. The van der Waals surface area contributed by atoms with Gasteiger partial charge in [0.15, 0.2) is 6.61 Å². The van der Waals surface area contributed by atoms with Crippen LogP contribution < -0.4 is 5.32 Å². The molecule has 0 bridgehead atoms. The topological polar surface area (TPSA) is 120 Å². The summed E-state index contributed by atoms with van der Waals surface area (Å²) in [5.41, 5.74) is 1.98. The zero-order valence-corrected chi connectivity index (χ0v) is 18.9. The normalized spacial score (nSPS) is 14.8. The van der Waals surface area contributed by atoms with Crippen LogP contribution in [0.4, 0.5) is 5.69 Å². The number of aryl methyl sites for hydroxylation is 1. The molecule has 0 aliphatic carbocycles. The molecule has 2 heterocycles. The Labute approximate surface area is 191 Å². The molecular formula is C22H24N4O6S. The molecule has 1 N–H and O–H groups in total. The number of hydrogen-bond donors (Lipinski definition) is 1. The van der Waals surface area contributed by atoms with Gasteiger partial charge in [-0.25, -0.2) is 13.4 Å². The summed E-state index contributed by atoms with van der Waals surface area (Å²) in [6.07, 6.45) is 0. The third kappa shape index (κ3) is 5.21. The van der Waals surface area contributed by atoms with E-state index in [-0.39, 0.29) is 11.4 Å². The molecule has 0 saturated carbocycles. The Morgan fingerprint density at radius 3 is 2.52 bits per heavy atom. The second-order valence-corrected chi connectivity index (χ2v) is 9.42. The highest BCUT2D eigenvalue weighted by Gasteiger charge is 2.26. The zero-order valence-electron chi connectivity index (χ0n) is 18.1. The van der Waals surface area contributed by atoms with E-state index in [0.717, 1.165) is 11.0 Å². The fourth-order valence-electron chi connectivity index (χ4n) is 3.56. The van der Waals surface area contributed by atoms with Crippen LogP contribution in [0.5, 0.6) is 0 Å². The first-order chi connectivity index (χ1) is 15.8. The van der Waals surface area contributed by atoms with Gasteiger partial charge in [0.05, 0.1) is 29.1 Å². The number of ether oxygens (including phenoxy) is 2. The van der Waals surface area contributed by atoms with E-state index in [1.807, 2.05) is 24.3 Å². The van der Waals surface area contributed by atoms with E-state index in [0.29, 0.717) is 37.8 Å². The SMILES string of the molecule is Cc1nc2ccccc2n1CC(=O)OCC(=O)Nc1ccc(S(=O)(=O)N2CCOCC2)cc1. The molecule has 1 amide bonds. The number of sulfonamides is 1. The minimum atomic E-state index is -3.61. The maximum atomic E-state index is 12.7. The highest BCUT2D eigenvalue weighted by molar-refractivity contribution is 7.89. The summed E-state index contributed by atoms with van der Waals surface area (Å²) in [5, 5.41) is 2.59. The molecule has 1 saturated heterocycles. The molecule has 4 rings (SSSR count). The molecular weight excluding hydrogens is 448 g/mol. The molecule has 2 aromatic carbocycles. The first kappa shape index (κ1) is 22.9. The first-order valence-electron chi connectivity index (χ1n) is 10.4. The van der Waals surface area contributed by atoms with E-state index in [1.54, 1.807) is 11.5 Å². The average molecular weight is 473 g/mol. The number of carbonyl (C=O) groups is 2. The Kier molecular flexibility index (Phi) is 6.72. The van der Waals surface area contributed by atoms with Gasteiger partial charge < -0.3 is 19.4 Å². The van der Waals surface area contributed by atoms with Crippen molar-refractivity contribution in [2.45, 2.75) is 18.4 Å². The Bertz CT molecular complexity index is 1260. The van der Waals surface area contributed by atoms with Crippen LogP contribution in [-0.4, -0.2) is 67.1 Å². The van der Waals surface area contributed by atoms with E-state index >= 15 is 0 Å². The molecule has 0 atom stereocenters. The lowest BCUT2D eigenvalue weighted by Crippen LogP contribution is -2.40. The maximum absolute atomic E-state index is 12.7. The molecule has 10 nitrogen and oxygen atoms in total. The summed E-state index contributed by atoms with van der Waals surface area (Å²) in [6, 6.07) is 13.3. The van der Waals surface area contributed by atoms with Gasteiger partial charge in [0.25, 0.3) is 5.91 Å². The van der Waals surface area contributed by atoms with E-state index in [1.165, 1.54) is 28.6 Å². The van der Waals surface area contributed by atoms with Gasteiger partial charge in [-0.3, -0.25) is 9.59 Å². The minimum absolute atomic E-state index is 0.0618. The van der Waals surface area contributed by atoms with Crippen molar-refractivity contribution in [2.24, 2.45) is 0 Å². The number of carbonyl (C=O) groups excluding carboxylic acids is 2. The summed E-state index contributed by atoms with van der Waals surface area (Å²) in [7, 11) is -3.61. The molecule has 1 aliphatic heterocycles. The maximum Gasteiger partial charge on any atom is 0.326 e. The van der Waals surface area contributed by atoms with Gasteiger partial charge in [0, 0.05) is 18.8 Å². The van der Waals surface area contributed by atoms with Crippen molar-refractivity contribution in [1.82, 2.24) is 13.9 Å². The Balaban J connectivity index is 1.30. The second kappa shape index (κ2) is 9.69. The van der Waals surface area contributed by atoms with Gasteiger partial charge in [-0.15, -0.1) is 0 Å². The van der Waals surface area contributed by atoms with E-state index < -0.39 is 28.5 Å². The number of esters is 1. The highest BCUT2D eigenvalue weighted by atomic mass is 32.2. The van der Waals surface area contributed by atoms with Crippen LogP contribution in [-0.2, 0) is 35.6 Å². The summed E-state index contributed by atoms with van der Waals surface area (Å²) in [5.74, 6) is -0.424. The van der Waals surface area contributed by atoms with E-state index in [4.69, 9.17) is 9.47 Å². The van der Waals surface area contributed by atoms with Crippen molar-refractivity contribution in [3.8, 4) is 0 Å². The molecule has 0 radical (unpaired) electrons. The number of hydrogen-bond acceptors (Lipinski definition) is 7. The number of benzene rings is 2. The van der Waals surface area contributed by atoms with Crippen molar-refractivity contribution >= 4 is 38.6 Å². The summed E-state index contributed by atoms with van der Waals surface area (Å²) in [6.45, 7) is 2.61. The van der Waals surface area contributed by atoms with Gasteiger partial charge in [-0.1, -0.05) is 12.1 Å². The lowest BCUT2D eigenvalue weighted by molar-refractivity contribution is -0.147. The predicted molar refractivity (Wildman–Crippen MR) is 120 cm³/mol. The van der Waals surface area contributed by atoms with Crippen molar-refractivity contribution in [1.29, 1.82) is 0 Å². The first-order valence-corrected chi connectivity index (χ1v) is 11.8. The lowest BCUT2D eigenvalue weighted by atomic mass is 10.3. The molecule has 0 spiro atoms. The summed E-state index contributed by atoms with van der Waals surface area (Å²) < 4.78 is 38.7. The summed E-state index contributed by atoms with van der Waals surface area (Å²) >= 11 is 0. The van der Waals surface area contributed by atoms with Crippen LogP contribution in [0.3, 0.4) is 0 Å². The van der Waals surface area contributed by atoms with Crippen LogP contribution in [0.15, 0.2) is 53.4 Å². The summed E-state index contributed by atoms with van der Waals surface area (Å²) in [4.78, 5) is 28.9. The standard InChI is InChI=1S/C22H24N4O6S/c1-16-23-19-4-2-3-5-20(19)26(16)14-22(28)32-15-21(27)24-17-6-8-18(9-7-17)33(29,30)25-10-12-31-13-11-25/h2-9H,10-15H2,1H3,(H,24,27). The number of amides is 1. The monoisotopic (exact) mass is 472 g/mol. The molecule has 174 valence electrons. The Hall–Kier alpha value is -3.28. The van der Waals surface area contributed by atoms with Gasteiger partial charge in [-0.05, 0) is 43.3 Å². The molecule has 11 heteroatoms. The van der Waals surface area contributed by atoms with Crippen molar-refractivity contribution in [3.05, 3.63) is 54.4 Å². The number of nitrogens with one attached hydrogen (secondary N) is 1. The minimum Gasteiger partial charge on any atom is -0.454 e. The molecule has 1 aliphatic rings. The molecule has 0 unspecified atom stereocenters. The number of rotatable bonds is 7. The number of morpholine rings is 1. The predicted octanol–water partition coefficient (Wildman–Crippen LogP) is 1.55. The average Bonchev–Trinajstić information content (AvgIpc) is 3.13. The largest absolute Gasteiger partial charge is 0.454 e. The number of para-hydroxylation sites is 2. The van der Waals surface area contributed by atoms with Gasteiger partial charge in [0.2, 0.25) is 10.0 Å². The van der Waals surface area contributed by atoms with Crippen molar-refractivity contribution in [2.75, 3.05) is 38.2 Å². The van der Waals surface area contributed by atoms with Crippen LogP contribution in [0.1, 0.15) is 5.82 Å². The van der Waals surface area contributed by atoms with Gasteiger partial charge in [-0.2, -0.15) is 4.31 Å². The van der Waals surface area contributed by atoms with Crippen LogP contribution in [0.25, 0.3) is 11.0 Å². The fourth-order valence-corrected chi connectivity index (χ4v) is 4.97. The molecule has 3 aromatic rings. The van der Waals surface area contributed by atoms with Crippen LogP contribution >= 0.6 is 0 Å². The Morgan fingerprint density at radius 1 is 1.09 bits per heavy atom. The number of fused-ring (bicyclic) bond motifs is 1. The van der Waals surface area contributed by atoms with Crippen LogP contribution in [0.2, 0.25) is 0 Å². The quantitative estimate of drug-likeness (QED) is 0.518. The lowest BCUT2D eigenvalue weighted by Gasteiger charge is -2.26. The molecule has 1 aromatic heterocycles. The number of aromatic nitrogens is 2. The van der Waals surface area contributed by atoms with Crippen molar-refractivity contribution in [3.63, 3.8) is 0 Å².